The fourth-order valence-corrected chi connectivity index (χ4v) is 3.76. The average Bonchev–Trinajstić information content (AvgIpc) is 2.42. The molecule has 0 spiro atoms. The van der Waals surface area contributed by atoms with Crippen LogP contribution in [-0.2, 0) is 16.6 Å². The van der Waals surface area contributed by atoms with Gasteiger partial charge in [-0.15, -0.1) is 0 Å². The molecule has 0 saturated heterocycles. The van der Waals surface area contributed by atoms with E-state index in [9.17, 15) is 4.21 Å². The summed E-state index contributed by atoms with van der Waals surface area (Å²) in [6, 6.07) is 10.2. The molecule has 0 aliphatic rings. The first-order chi connectivity index (χ1) is 9.52. The maximum absolute atomic E-state index is 12.5. The SMILES string of the molecule is COc1cc(N)ccc1S(=O)Cc1c(Cl)cccc1Cl. The molecular weight excluding hydrogens is 317 g/mol. The van der Waals surface area contributed by atoms with Crippen molar-refractivity contribution in [2.75, 3.05) is 12.8 Å². The Hall–Kier alpha value is -1.23. The van der Waals surface area contributed by atoms with E-state index < -0.39 is 10.8 Å². The summed E-state index contributed by atoms with van der Waals surface area (Å²) in [5.74, 6) is 0.713. The first kappa shape index (κ1) is 15.2. The van der Waals surface area contributed by atoms with E-state index in [4.69, 9.17) is 33.7 Å². The Balaban J connectivity index is 2.33. The maximum Gasteiger partial charge on any atom is 0.137 e. The summed E-state index contributed by atoms with van der Waals surface area (Å²) in [4.78, 5) is 0.567. The smallest absolute Gasteiger partial charge is 0.137 e. The number of rotatable bonds is 4. The Labute approximate surface area is 130 Å². The molecule has 2 aromatic carbocycles. The van der Waals surface area contributed by atoms with Gasteiger partial charge in [0.1, 0.15) is 5.75 Å². The molecule has 0 aliphatic carbocycles. The Bertz CT molecular complexity index is 641. The molecule has 0 fully saturated rings. The normalized spacial score (nSPS) is 12.2. The minimum absolute atomic E-state index is 0.221. The van der Waals surface area contributed by atoms with Crippen molar-refractivity contribution in [3.63, 3.8) is 0 Å². The third-order valence-electron chi connectivity index (χ3n) is 2.77. The molecule has 3 nitrogen and oxygen atoms in total. The molecule has 6 heteroatoms. The zero-order chi connectivity index (χ0) is 14.7. The third-order valence-corrected chi connectivity index (χ3v) is 4.86. The molecule has 2 rings (SSSR count). The zero-order valence-corrected chi connectivity index (χ0v) is 13.1. The number of hydrogen-bond acceptors (Lipinski definition) is 3. The standard InChI is InChI=1S/C14H13Cl2NO2S/c1-19-13-7-9(17)5-6-14(13)20(18)8-10-11(15)3-2-4-12(10)16/h2-7H,8,17H2,1H3. The predicted molar refractivity (Wildman–Crippen MR) is 84.0 cm³/mol. The van der Waals surface area contributed by atoms with Gasteiger partial charge in [0.05, 0.1) is 28.6 Å². The van der Waals surface area contributed by atoms with Crippen molar-refractivity contribution in [2.24, 2.45) is 0 Å². The molecule has 0 saturated carbocycles. The quantitative estimate of drug-likeness (QED) is 0.865. The third kappa shape index (κ3) is 3.26. The van der Waals surface area contributed by atoms with Crippen molar-refractivity contribution in [1.82, 2.24) is 0 Å². The Morgan fingerprint density at radius 2 is 1.85 bits per heavy atom. The minimum Gasteiger partial charge on any atom is -0.495 e. The van der Waals surface area contributed by atoms with Crippen molar-refractivity contribution in [1.29, 1.82) is 0 Å². The van der Waals surface area contributed by atoms with Gasteiger partial charge < -0.3 is 10.5 Å². The van der Waals surface area contributed by atoms with Crippen LogP contribution in [0, 0.1) is 0 Å². The lowest BCUT2D eigenvalue weighted by molar-refractivity contribution is 0.404. The van der Waals surface area contributed by atoms with Crippen LogP contribution in [0.2, 0.25) is 10.0 Å². The van der Waals surface area contributed by atoms with Crippen LogP contribution in [0.1, 0.15) is 5.56 Å². The summed E-state index contributed by atoms with van der Waals surface area (Å²) in [6.07, 6.45) is 0. The molecule has 1 atom stereocenters. The largest absolute Gasteiger partial charge is 0.495 e. The van der Waals surface area contributed by atoms with E-state index in [0.717, 1.165) is 0 Å². The van der Waals surface area contributed by atoms with Crippen molar-refractivity contribution < 1.29 is 8.95 Å². The molecule has 0 amide bonds. The highest BCUT2D eigenvalue weighted by atomic mass is 35.5. The van der Waals surface area contributed by atoms with Gasteiger partial charge >= 0.3 is 0 Å². The van der Waals surface area contributed by atoms with Crippen molar-refractivity contribution in [3.8, 4) is 5.75 Å². The predicted octanol–water partition coefficient (Wildman–Crippen LogP) is 3.89. The summed E-state index contributed by atoms with van der Waals surface area (Å²) in [7, 11) is 0.188. The van der Waals surface area contributed by atoms with Crippen LogP contribution in [-0.4, -0.2) is 11.3 Å². The number of benzene rings is 2. The fraction of sp³-hybridized carbons (Fsp3) is 0.143. The van der Waals surface area contributed by atoms with Gasteiger partial charge in [0, 0.05) is 27.4 Å². The van der Waals surface area contributed by atoms with E-state index in [-0.39, 0.29) is 5.75 Å². The highest BCUT2D eigenvalue weighted by Gasteiger charge is 2.15. The number of hydrogen-bond donors (Lipinski definition) is 1. The molecule has 2 aromatic rings. The molecule has 0 heterocycles. The summed E-state index contributed by atoms with van der Waals surface area (Å²) < 4.78 is 17.7. The highest BCUT2D eigenvalue weighted by molar-refractivity contribution is 7.84. The lowest BCUT2D eigenvalue weighted by atomic mass is 10.2. The number of anilines is 1. The summed E-state index contributed by atoms with van der Waals surface area (Å²) in [5.41, 5.74) is 6.90. The van der Waals surface area contributed by atoms with Crippen LogP contribution in [0.25, 0.3) is 0 Å². The first-order valence-corrected chi connectivity index (χ1v) is 7.85. The molecular formula is C14H13Cl2NO2S. The number of nitrogens with two attached hydrogens (primary N) is 1. The Kier molecular flexibility index (Phi) is 4.91. The zero-order valence-electron chi connectivity index (χ0n) is 10.7. The van der Waals surface area contributed by atoms with Crippen molar-refractivity contribution in [2.45, 2.75) is 10.6 Å². The van der Waals surface area contributed by atoms with Gasteiger partial charge in [-0.25, -0.2) is 0 Å². The van der Waals surface area contributed by atoms with Crippen LogP contribution < -0.4 is 10.5 Å². The van der Waals surface area contributed by atoms with Crippen LogP contribution in [0.3, 0.4) is 0 Å². The van der Waals surface area contributed by atoms with Gasteiger partial charge in [-0.1, -0.05) is 29.3 Å². The lowest BCUT2D eigenvalue weighted by Crippen LogP contribution is -2.01. The number of nitrogen functional groups attached to an aromatic ring is 1. The molecule has 1 unspecified atom stereocenters. The van der Waals surface area contributed by atoms with E-state index in [1.54, 1.807) is 36.4 Å². The highest BCUT2D eigenvalue weighted by Crippen LogP contribution is 2.30. The molecule has 106 valence electrons. The summed E-state index contributed by atoms with van der Waals surface area (Å²) >= 11 is 12.2. The molecule has 2 N–H and O–H groups in total. The van der Waals surface area contributed by atoms with E-state index in [1.165, 1.54) is 7.11 Å². The van der Waals surface area contributed by atoms with Crippen LogP contribution >= 0.6 is 23.2 Å². The minimum atomic E-state index is -1.32. The van der Waals surface area contributed by atoms with Crippen LogP contribution in [0.5, 0.6) is 5.75 Å². The van der Waals surface area contributed by atoms with E-state index in [0.29, 0.717) is 31.9 Å². The summed E-state index contributed by atoms with van der Waals surface area (Å²) in [6.45, 7) is 0. The fourth-order valence-electron chi connectivity index (χ4n) is 1.75. The van der Waals surface area contributed by atoms with Gasteiger partial charge in [0.15, 0.2) is 0 Å². The molecule has 0 aliphatic heterocycles. The molecule has 0 radical (unpaired) electrons. The number of halogens is 2. The summed E-state index contributed by atoms with van der Waals surface area (Å²) in [5, 5.41) is 1.00. The molecule has 20 heavy (non-hydrogen) atoms. The van der Waals surface area contributed by atoms with Gasteiger partial charge in [-0.3, -0.25) is 4.21 Å². The number of methoxy groups -OCH3 is 1. The van der Waals surface area contributed by atoms with Crippen LogP contribution in [0.15, 0.2) is 41.3 Å². The Morgan fingerprint density at radius 1 is 1.20 bits per heavy atom. The van der Waals surface area contributed by atoms with Gasteiger partial charge in [0.2, 0.25) is 0 Å². The lowest BCUT2D eigenvalue weighted by Gasteiger charge is -2.11. The Morgan fingerprint density at radius 3 is 2.45 bits per heavy atom. The molecule has 0 bridgehead atoms. The van der Waals surface area contributed by atoms with E-state index in [2.05, 4.69) is 0 Å². The second kappa shape index (κ2) is 6.48. The van der Waals surface area contributed by atoms with Gasteiger partial charge in [-0.2, -0.15) is 0 Å². The monoisotopic (exact) mass is 329 g/mol. The van der Waals surface area contributed by atoms with Crippen molar-refractivity contribution in [3.05, 3.63) is 52.0 Å². The average molecular weight is 330 g/mol. The maximum atomic E-state index is 12.5. The second-order valence-corrected chi connectivity index (χ2v) is 6.33. The van der Waals surface area contributed by atoms with E-state index in [1.807, 2.05) is 0 Å². The van der Waals surface area contributed by atoms with Gasteiger partial charge in [-0.05, 0) is 24.3 Å². The van der Waals surface area contributed by atoms with Crippen molar-refractivity contribution >= 4 is 39.7 Å². The number of ether oxygens (including phenoxy) is 1. The first-order valence-electron chi connectivity index (χ1n) is 5.77. The second-order valence-electron chi connectivity index (χ2n) is 4.10. The van der Waals surface area contributed by atoms with Gasteiger partial charge in [0.25, 0.3) is 0 Å². The van der Waals surface area contributed by atoms with Crippen LogP contribution in [0.4, 0.5) is 5.69 Å². The molecule has 0 aromatic heterocycles. The van der Waals surface area contributed by atoms with E-state index >= 15 is 0 Å². The topological polar surface area (TPSA) is 52.3 Å².